The Hall–Kier alpha value is -1.50. The number of anilines is 2. The lowest BCUT2D eigenvalue weighted by molar-refractivity contribution is -0.384. The van der Waals surface area contributed by atoms with Crippen LogP contribution in [0.25, 0.3) is 0 Å². The number of thioether (sulfide) groups is 1. The van der Waals surface area contributed by atoms with Crippen LogP contribution in [0.15, 0.2) is 12.1 Å². The molecule has 6 nitrogen and oxygen atoms in total. The summed E-state index contributed by atoms with van der Waals surface area (Å²) in [5, 5.41) is 17.3. The fourth-order valence-corrected chi connectivity index (χ4v) is 3.05. The molecule has 0 spiro atoms. The van der Waals surface area contributed by atoms with Gasteiger partial charge in [-0.2, -0.15) is 11.8 Å². The zero-order chi connectivity index (χ0) is 13.7. The number of aromatic nitrogens is 1. The van der Waals surface area contributed by atoms with Gasteiger partial charge in [-0.1, -0.05) is 6.92 Å². The number of rotatable bonds is 6. The first-order valence-electron chi connectivity index (χ1n) is 6.43. The molecule has 2 N–H and O–H groups in total. The molecule has 2 heterocycles. The van der Waals surface area contributed by atoms with E-state index in [0.717, 1.165) is 30.9 Å². The number of pyridine rings is 1. The van der Waals surface area contributed by atoms with Gasteiger partial charge < -0.3 is 10.6 Å². The van der Waals surface area contributed by atoms with Crippen LogP contribution in [-0.4, -0.2) is 34.0 Å². The van der Waals surface area contributed by atoms with Crippen LogP contribution in [0.4, 0.5) is 17.3 Å². The Balaban J connectivity index is 2.15. The molecule has 0 aliphatic carbocycles. The molecule has 1 saturated heterocycles. The van der Waals surface area contributed by atoms with Crippen molar-refractivity contribution < 1.29 is 4.92 Å². The molecule has 0 radical (unpaired) electrons. The Bertz CT molecular complexity index is 449. The third kappa shape index (κ3) is 3.99. The van der Waals surface area contributed by atoms with Gasteiger partial charge in [-0.05, 0) is 18.6 Å². The normalized spacial score (nSPS) is 18.3. The fraction of sp³-hybridized carbons (Fsp3) is 0.583. The summed E-state index contributed by atoms with van der Waals surface area (Å²) in [7, 11) is 0. The van der Waals surface area contributed by atoms with Gasteiger partial charge in [0.1, 0.15) is 11.6 Å². The molecule has 1 atom stereocenters. The highest BCUT2D eigenvalue weighted by Gasteiger charge is 2.18. The molecule has 0 amide bonds. The molecule has 2 rings (SSSR count). The second-order valence-electron chi connectivity index (χ2n) is 4.48. The Labute approximate surface area is 116 Å². The van der Waals surface area contributed by atoms with Gasteiger partial charge >= 0.3 is 0 Å². The molecule has 7 heteroatoms. The van der Waals surface area contributed by atoms with E-state index in [9.17, 15) is 10.1 Å². The summed E-state index contributed by atoms with van der Waals surface area (Å²) in [6.45, 7) is 2.80. The van der Waals surface area contributed by atoms with Crippen LogP contribution in [0, 0.1) is 10.1 Å². The van der Waals surface area contributed by atoms with Crippen molar-refractivity contribution >= 4 is 29.1 Å². The summed E-state index contributed by atoms with van der Waals surface area (Å²) in [5.74, 6) is 3.31. The third-order valence-electron chi connectivity index (χ3n) is 2.86. The topological polar surface area (TPSA) is 80.1 Å². The predicted molar refractivity (Wildman–Crippen MR) is 79.0 cm³/mol. The van der Waals surface area contributed by atoms with Crippen LogP contribution < -0.4 is 10.6 Å². The van der Waals surface area contributed by atoms with Crippen LogP contribution in [-0.2, 0) is 0 Å². The molecular weight excluding hydrogens is 264 g/mol. The molecule has 0 aromatic carbocycles. The van der Waals surface area contributed by atoms with Crippen molar-refractivity contribution in [3.63, 3.8) is 0 Å². The first-order valence-corrected chi connectivity index (χ1v) is 7.59. The number of nitrogens with zero attached hydrogens (tertiary/aromatic N) is 2. The molecule has 1 aliphatic heterocycles. The van der Waals surface area contributed by atoms with Crippen molar-refractivity contribution in [2.45, 2.75) is 25.8 Å². The lowest BCUT2D eigenvalue weighted by Crippen LogP contribution is -2.19. The van der Waals surface area contributed by atoms with E-state index in [1.54, 1.807) is 0 Å². The van der Waals surface area contributed by atoms with Crippen molar-refractivity contribution in [1.29, 1.82) is 0 Å². The van der Waals surface area contributed by atoms with Crippen molar-refractivity contribution in [2.24, 2.45) is 0 Å². The minimum absolute atomic E-state index is 0.0711. The number of nitro groups is 1. The fourth-order valence-electron chi connectivity index (χ4n) is 1.90. The van der Waals surface area contributed by atoms with Gasteiger partial charge in [0.2, 0.25) is 0 Å². The van der Waals surface area contributed by atoms with Crippen molar-refractivity contribution in [1.82, 2.24) is 4.98 Å². The maximum atomic E-state index is 10.9. The van der Waals surface area contributed by atoms with Gasteiger partial charge in [0, 0.05) is 18.3 Å². The molecular formula is C12H18N4O2S. The smallest absolute Gasteiger partial charge is 0.276 e. The molecule has 1 unspecified atom stereocenters. The van der Waals surface area contributed by atoms with E-state index in [4.69, 9.17) is 0 Å². The minimum Gasteiger partial charge on any atom is -0.370 e. The summed E-state index contributed by atoms with van der Waals surface area (Å²) in [6.07, 6.45) is 2.03. The van der Waals surface area contributed by atoms with Gasteiger partial charge in [-0.15, -0.1) is 0 Å². The molecule has 1 fully saturated rings. The molecule has 0 saturated carbocycles. The Kier molecular flexibility index (Phi) is 4.84. The van der Waals surface area contributed by atoms with Crippen molar-refractivity contribution in [3.05, 3.63) is 22.2 Å². The van der Waals surface area contributed by atoms with Gasteiger partial charge in [0.25, 0.3) is 5.69 Å². The highest BCUT2D eigenvalue weighted by atomic mass is 32.2. The Morgan fingerprint density at radius 2 is 2.32 bits per heavy atom. The molecule has 1 aromatic rings. The van der Waals surface area contributed by atoms with Crippen molar-refractivity contribution in [2.75, 3.05) is 28.7 Å². The molecule has 19 heavy (non-hydrogen) atoms. The van der Waals surface area contributed by atoms with Crippen LogP contribution in [0.1, 0.15) is 19.8 Å². The maximum absolute atomic E-state index is 10.9. The highest BCUT2D eigenvalue weighted by molar-refractivity contribution is 7.99. The Morgan fingerprint density at radius 3 is 2.95 bits per heavy atom. The SMILES string of the molecule is CCCNc1cc([N+](=O)[O-])cc(NC2CCSC2)n1. The van der Waals surface area contributed by atoms with E-state index in [-0.39, 0.29) is 10.6 Å². The second-order valence-corrected chi connectivity index (χ2v) is 5.63. The Morgan fingerprint density at radius 1 is 1.53 bits per heavy atom. The van der Waals surface area contributed by atoms with Gasteiger partial charge in [-0.25, -0.2) is 4.98 Å². The first kappa shape index (κ1) is 13.9. The monoisotopic (exact) mass is 282 g/mol. The number of hydrogen-bond acceptors (Lipinski definition) is 6. The summed E-state index contributed by atoms with van der Waals surface area (Å²) >= 11 is 1.89. The lowest BCUT2D eigenvalue weighted by Gasteiger charge is -2.13. The van der Waals surface area contributed by atoms with Crippen LogP contribution >= 0.6 is 11.8 Å². The average molecular weight is 282 g/mol. The van der Waals surface area contributed by atoms with E-state index >= 15 is 0 Å². The first-order chi connectivity index (χ1) is 9.19. The molecule has 104 valence electrons. The quantitative estimate of drug-likeness (QED) is 0.617. The summed E-state index contributed by atoms with van der Waals surface area (Å²) in [6, 6.07) is 3.34. The van der Waals surface area contributed by atoms with Gasteiger partial charge in [-0.3, -0.25) is 10.1 Å². The van der Waals surface area contributed by atoms with Gasteiger partial charge in [0.15, 0.2) is 0 Å². The van der Waals surface area contributed by atoms with E-state index in [1.807, 2.05) is 18.7 Å². The zero-order valence-electron chi connectivity index (χ0n) is 10.9. The van der Waals surface area contributed by atoms with E-state index in [2.05, 4.69) is 15.6 Å². The molecule has 1 aromatic heterocycles. The van der Waals surface area contributed by atoms with Crippen molar-refractivity contribution in [3.8, 4) is 0 Å². The standard InChI is InChI=1S/C12H18N4O2S/c1-2-4-13-11-6-10(16(17)18)7-12(15-11)14-9-3-5-19-8-9/h6-7,9H,2-5,8H2,1H3,(H2,13,14,15). The van der Waals surface area contributed by atoms with Crippen LogP contribution in [0.5, 0.6) is 0 Å². The molecule has 0 bridgehead atoms. The third-order valence-corrected chi connectivity index (χ3v) is 4.02. The maximum Gasteiger partial charge on any atom is 0.276 e. The number of nitrogens with one attached hydrogen (secondary N) is 2. The van der Waals surface area contributed by atoms with E-state index in [0.29, 0.717) is 17.7 Å². The zero-order valence-corrected chi connectivity index (χ0v) is 11.7. The lowest BCUT2D eigenvalue weighted by atomic mass is 10.2. The molecule has 1 aliphatic rings. The minimum atomic E-state index is -0.382. The highest BCUT2D eigenvalue weighted by Crippen LogP contribution is 2.24. The van der Waals surface area contributed by atoms with E-state index in [1.165, 1.54) is 12.1 Å². The van der Waals surface area contributed by atoms with E-state index < -0.39 is 0 Å². The van der Waals surface area contributed by atoms with Crippen LogP contribution in [0.3, 0.4) is 0 Å². The average Bonchev–Trinajstić information content (AvgIpc) is 2.89. The van der Waals surface area contributed by atoms with Crippen LogP contribution in [0.2, 0.25) is 0 Å². The largest absolute Gasteiger partial charge is 0.370 e. The predicted octanol–water partition coefficient (Wildman–Crippen LogP) is 2.73. The van der Waals surface area contributed by atoms with Gasteiger partial charge in [0.05, 0.1) is 17.1 Å². The second kappa shape index (κ2) is 6.60. The summed E-state index contributed by atoms with van der Waals surface area (Å²) < 4.78 is 0. The number of hydrogen-bond donors (Lipinski definition) is 2. The summed E-state index contributed by atoms with van der Waals surface area (Å²) in [5.41, 5.74) is 0.0711. The summed E-state index contributed by atoms with van der Waals surface area (Å²) in [4.78, 5) is 14.9.